The Hall–Kier alpha value is -1.43. The summed E-state index contributed by atoms with van der Waals surface area (Å²) in [6, 6.07) is 0. The number of amides is 1. The molecule has 1 fully saturated rings. The Balaban J connectivity index is 2.04. The van der Waals surface area contributed by atoms with E-state index in [1.165, 1.54) is 11.3 Å². The first-order valence-electron chi connectivity index (χ1n) is 6.04. The molecular weight excluding hydrogens is 252 g/mol. The van der Waals surface area contributed by atoms with Crippen LogP contribution in [-0.2, 0) is 9.59 Å². The van der Waals surface area contributed by atoms with Gasteiger partial charge < -0.3 is 10.4 Å². The van der Waals surface area contributed by atoms with Crippen molar-refractivity contribution in [3.05, 3.63) is 11.1 Å². The van der Waals surface area contributed by atoms with E-state index in [4.69, 9.17) is 5.11 Å². The molecule has 98 valence electrons. The predicted molar refractivity (Wildman–Crippen MR) is 68.6 cm³/mol. The van der Waals surface area contributed by atoms with Crippen molar-refractivity contribution in [2.75, 3.05) is 5.32 Å². The monoisotopic (exact) mass is 268 g/mol. The average molecular weight is 268 g/mol. The number of carbonyl (C=O) groups excluding carboxylic acids is 1. The van der Waals surface area contributed by atoms with Gasteiger partial charge in [-0.05, 0) is 19.8 Å². The number of rotatable bonds is 3. The highest BCUT2D eigenvalue weighted by molar-refractivity contribution is 7.15. The highest BCUT2D eigenvalue weighted by atomic mass is 32.1. The Morgan fingerprint density at radius 1 is 1.39 bits per heavy atom. The normalized spacial score (nSPS) is 23.6. The summed E-state index contributed by atoms with van der Waals surface area (Å²) in [5, 5.41) is 12.4. The van der Waals surface area contributed by atoms with E-state index < -0.39 is 17.8 Å². The molecule has 1 saturated carbocycles. The summed E-state index contributed by atoms with van der Waals surface area (Å²) in [5.41, 5.74) is 0. The van der Waals surface area contributed by atoms with Gasteiger partial charge in [0.1, 0.15) is 0 Å². The highest BCUT2D eigenvalue weighted by Crippen LogP contribution is 2.31. The van der Waals surface area contributed by atoms with Gasteiger partial charge in [-0.15, -0.1) is 11.3 Å². The summed E-state index contributed by atoms with van der Waals surface area (Å²) in [7, 11) is 0. The van der Waals surface area contributed by atoms with Gasteiger partial charge in [-0.25, -0.2) is 4.98 Å². The van der Waals surface area contributed by atoms with Crippen LogP contribution in [0.4, 0.5) is 5.13 Å². The van der Waals surface area contributed by atoms with Crippen molar-refractivity contribution >= 4 is 28.3 Å². The fourth-order valence-corrected chi connectivity index (χ4v) is 3.02. The molecule has 0 saturated heterocycles. The first-order chi connectivity index (χ1) is 8.58. The molecule has 0 bridgehead atoms. The summed E-state index contributed by atoms with van der Waals surface area (Å²) >= 11 is 1.40. The van der Waals surface area contributed by atoms with E-state index in [0.29, 0.717) is 18.0 Å². The van der Waals surface area contributed by atoms with Crippen LogP contribution in [0.2, 0.25) is 0 Å². The second-order valence-electron chi connectivity index (χ2n) is 4.60. The van der Waals surface area contributed by atoms with Crippen LogP contribution in [0.5, 0.6) is 0 Å². The van der Waals surface area contributed by atoms with Crippen molar-refractivity contribution in [1.82, 2.24) is 4.98 Å². The molecule has 5 nitrogen and oxygen atoms in total. The number of carboxylic acids is 1. The Kier molecular flexibility index (Phi) is 3.96. The Bertz CT molecular complexity index is 458. The number of hydrogen-bond acceptors (Lipinski definition) is 4. The minimum Gasteiger partial charge on any atom is -0.481 e. The highest BCUT2D eigenvalue weighted by Gasteiger charge is 2.35. The molecule has 1 aliphatic carbocycles. The number of aryl methyl sites for hydroxylation is 1. The first-order valence-corrected chi connectivity index (χ1v) is 6.85. The van der Waals surface area contributed by atoms with Crippen LogP contribution in [0.25, 0.3) is 0 Å². The molecule has 1 heterocycles. The van der Waals surface area contributed by atoms with Crippen LogP contribution in [0.1, 0.15) is 30.6 Å². The quantitative estimate of drug-likeness (QED) is 0.881. The molecule has 6 heteroatoms. The molecule has 1 aromatic heterocycles. The van der Waals surface area contributed by atoms with Crippen molar-refractivity contribution < 1.29 is 14.7 Å². The molecule has 1 aromatic rings. The van der Waals surface area contributed by atoms with Gasteiger partial charge in [-0.1, -0.05) is 12.8 Å². The van der Waals surface area contributed by atoms with Crippen molar-refractivity contribution in [3.8, 4) is 0 Å². The van der Waals surface area contributed by atoms with Crippen LogP contribution in [0.15, 0.2) is 6.20 Å². The molecule has 2 N–H and O–H groups in total. The largest absolute Gasteiger partial charge is 0.481 e. The van der Waals surface area contributed by atoms with Crippen LogP contribution in [0, 0.1) is 18.8 Å². The number of carboxylic acid groups (broad SMARTS) is 1. The molecule has 2 atom stereocenters. The number of hydrogen-bond donors (Lipinski definition) is 2. The Morgan fingerprint density at radius 3 is 2.61 bits per heavy atom. The smallest absolute Gasteiger partial charge is 0.307 e. The SMILES string of the molecule is Cc1cnc(NC(=O)[C@@H]2CCCC[C@@H]2C(=O)O)s1. The van der Waals surface area contributed by atoms with Gasteiger partial charge in [-0.2, -0.15) is 0 Å². The fraction of sp³-hybridized carbons (Fsp3) is 0.583. The molecule has 0 radical (unpaired) electrons. The predicted octanol–water partition coefficient (Wildman–Crippen LogP) is 2.28. The minimum atomic E-state index is -0.870. The molecule has 0 spiro atoms. The molecule has 18 heavy (non-hydrogen) atoms. The lowest BCUT2D eigenvalue weighted by molar-refractivity contribution is -0.147. The molecule has 2 rings (SSSR count). The number of nitrogens with zero attached hydrogens (tertiary/aromatic N) is 1. The van der Waals surface area contributed by atoms with Crippen LogP contribution < -0.4 is 5.32 Å². The standard InChI is InChI=1S/C12H16N2O3S/c1-7-6-13-12(18-7)14-10(15)8-4-2-3-5-9(8)11(16)17/h6,8-9H,2-5H2,1H3,(H,16,17)(H,13,14,15)/t8-,9+/m1/s1. The maximum atomic E-state index is 12.1. The summed E-state index contributed by atoms with van der Waals surface area (Å²) in [5.74, 6) is -2.07. The van der Waals surface area contributed by atoms with E-state index in [1.807, 2.05) is 6.92 Å². The van der Waals surface area contributed by atoms with E-state index in [-0.39, 0.29) is 5.91 Å². The zero-order chi connectivity index (χ0) is 13.1. The minimum absolute atomic E-state index is 0.212. The van der Waals surface area contributed by atoms with Gasteiger partial charge in [0.15, 0.2) is 5.13 Å². The maximum Gasteiger partial charge on any atom is 0.307 e. The van der Waals surface area contributed by atoms with Crippen LogP contribution in [0.3, 0.4) is 0 Å². The Morgan fingerprint density at radius 2 is 2.06 bits per heavy atom. The van der Waals surface area contributed by atoms with E-state index in [0.717, 1.165) is 17.7 Å². The number of aliphatic carboxylic acids is 1. The topological polar surface area (TPSA) is 79.3 Å². The van der Waals surface area contributed by atoms with Crippen LogP contribution in [-0.4, -0.2) is 22.0 Å². The summed E-state index contributed by atoms with van der Waals surface area (Å²) in [6.45, 7) is 1.91. The average Bonchev–Trinajstić information content (AvgIpc) is 2.74. The van der Waals surface area contributed by atoms with Crippen molar-refractivity contribution in [3.63, 3.8) is 0 Å². The lowest BCUT2D eigenvalue weighted by atomic mass is 9.79. The zero-order valence-corrected chi connectivity index (χ0v) is 11.0. The lowest BCUT2D eigenvalue weighted by Crippen LogP contribution is -2.36. The second-order valence-corrected chi connectivity index (χ2v) is 5.84. The van der Waals surface area contributed by atoms with Gasteiger partial charge in [0.2, 0.25) is 5.91 Å². The molecule has 1 aliphatic rings. The number of aromatic nitrogens is 1. The number of carbonyl (C=O) groups is 2. The number of nitrogens with one attached hydrogen (secondary N) is 1. The fourth-order valence-electron chi connectivity index (χ4n) is 2.35. The maximum absolute atomic E-state index is 12.1. The summed E-state index contributed by atoms with van der Waals surface area (Å²) < 4.78 is 0. The van der Waals surface area contributed by atoms with E-state index in [1.54, 1.807) is 6.20 Å². The molecular formula is C12H16N2O3S. The van der Waals surface area contributed by atoms with Gasteiger partial charge >= 0.3 is 5.97 Å². The number of anilines is 1. The van der Waals surface area contributed by atoms with E-state index in [9.17, 15) is 9.59 Å². The molecule has 0 unspecified atom stereocenters. The van der Waals surface area contributed by atoms with Crippen molar-refractivity contribution in [2.24, 2.45) is 11.8 Å². The van der Waals surface area contributed by atoms with E-state index in [2.05, 4.69) is 10.3 Å². The third-order valence-corrected chi connectivity index (χ3v) is 4.10. The van der Waals surface area contributed by atoms with Crippen LogP contribution >= 0.6 is 11.3 Å². The zero-order valence-electron chi connectivity index (χ0n) is 10.2. The molecule has 0 aliphatic heterocycles. The van der Waals surface area contributed by atoms with E-state index >= 15 is 0 Å². The van der Waals surface area contributed by atoms with Gasteiger partial charge in [0.05, 0.1) is 11.8 Å². The second kappa shape index (κ2) is 5.48. The summed E-state index contributed by atoms with van der Waals surface area (Å²) in [6.07, 6.45) is 4.73. The van der Waals surface area contributed by atoms with Gasteiger partial charge in [0.25, 0.3) is 0 Å². The first kappa shape index (κ1) is 13.0. The molecule has 1 amide bonds. The number of thiazole rings is 1. The summed E-state index contributed by atoms with van der Waals surface area (Å²) in [4.78, 5) is 28.3. The van der Waals surface area contributed by atoms with Crippen molar-refractivity contribution in [1.29, 1.82) is 0 Å². The Labute approximate surface area is 109 Å². The van der Waals surface area contributed by atoms with Gasteiger partial charge in [-0.3, -0.25) is 9.59 Å². The third-order valence-electron chi connectivity index (χ3n) is 3.27. The van der Waals surface area contributed by atoms with Crippen molar-refractivity contribution in [2.45, 2.75) is 32.6 Å². The van der Waals surface area contributed by atoms with Gasteiger partial charge in [0, 0.05) is 11.1 Å². The molecule has 0 aromatic carbocycles. The lowest BCUT2D eigenvalue weighted by Gasteiger charge is -2.26. The third kappa shape index (κ3) is 2.87.